The molecule has 0 bridgehead atoms. The number of benzene rings is 2. The number of nitrogens with zero attached hydrogens (tertiary/aromatic N) is 3. The van der Waals surface area contributed by atoms with Crippen LogP contribution in [0.5, 0.6) is 0 Å². The lowest BCUT2D eigenvalue weighted by Crippen LogP contribution is -2.33. The van der Waals surface area contributed by atoms with Gasteiger partial charge in [-0.2, -0.15) is 0 Å². The fourth-order valence-electron chi connectivity index (χ4n) is 3.20. The second kappa shape index (κ2) is 9.14. The van der Waals surface area contributed by atoms with Gasteiger partial charge in [-0.25, -0.2) is 9.48 Å². The van der Waals surface area contributed by atoms with Gasteiger partial charge in [0, 0.05) is 32.9 Å². The van der Waals surface area contributed by atoms with Crippen molar-refractivity contribution in [2.45, 2.75) is 13.3 Å². The number of urea groups is 1. The lowest BCUT2D eigenvalue weighted by molar-refractivity contribution is 0.252. The Kier molecular flexibility index (Phi) is 6.39. The summed E-state index contributed by atoms with van der Waals surface area (Å²) in [4.78, 5) is 27.2. The number of amides is 2. The van der Waals surface area contributed by atoms with E-state index in [0.29, 0.717) is 12.2 Å². The molecule has 0 radical (unpaired) electrons. The number of hydrogen-bond acceptors (Lipinski definition) is 3. The highest BCUT2D eigenvalue weighted by Crippen LogP contribution is 2.14. The van der Waals surface area contributed by atoms with E-state index in [1.807, 2.05) is 62.5 Å². The van der Waals surface area contributed by atoms with Crippen molar-refractivity contribution in [2.75, 3.05) is 30.4 Å². The van der Waals surface area contributed by atoms with Crippen molar-refractivity contribution in [3.63, 3.8) is 0 Å². The molecule has 7 nitrogen and oxygen atoms in total. The fourth-order valence-corrected chi connectivity index (χ4v) is 3.20. The number of aromatic nitrogens is 2. The molecule has 2 aromatic carbocycles. The highest BCUT2D eigenvalue weighted by Gasteiger charge is 2.17. The maximum Gasteiger partial charge on any atom is 0.319 e. The van der Waals surface area contributed by atoms with E-state index in [9.17, 15) is 9.59 Å². The molecule has 0 saturated carbocycles. The average molecular weight is 393 g/mol. The van der Waals surface area contributed by atoms with Crippen LogP contribution < -0.4 is 21.1 Å². The lowest BCUT2D eigenvalue weighted by Gasteiger charge is -2.19. The zero-order valence-electron chi connectivity index (χ0n) is 17.1. The second-order valence-corrected chi connectivity index (χ2v) is 6.93. The summed E-state index contributed by atoms with van der Waals surface area (Å²) in [6.45, 7) is 3.14. The summed E-state index contributed by atoms with van der Waals surface area (Å²) in [5, 5.41) is 5.54. The minimum atomic E-state index is -0.377. The van der Waals surface area contributed by atoms with E-state index in [1.165, 1.54) is 0 Å². The lowest BCUT2D eigenvalue weighted by atomic mass is 10.3. The smallest absolute Gasteiger partial charge is 0.319 e. The van der Waals surface area contributed by atoms with Gasteiger partial charge in [0.15, 0.2) is 0 Å². The van der Waals surface area contributed by atoms with Gasteiger partial charge in [-0.05, 0) is 37.6 Å². The fraction of sp³-hybridized carbons (Fsp3) is 0.273. The van der Waals surface area contributed by atoms with Crippen molar-refractivity contribution in [3.8, 4) is 5.69 Å². The molecule has 0 unspecified atom stereocenters. The molecule has 3 rings (SSSR count). The van der Waals surface area contributed by atoms with E-state index < -0.39 is 0 Å². The summed E-state index contributed by atoms with van der Waals surface area (Å²) >= 11 is 0. The summed E-state index contributed by atoms with van der Waals surface area (Å²) in [6.07, 6.45) is 0.792. The summed E-state index contributed by atoms with van der Waals surface area (Å²) in [5.41, 5.74) is 2.61. The molecular formula is C22H27N5O2. The first-order chi connectivity index (χ1) is 14.0. The molecule has 152 valence electrons. The van der Waals surface area contributed by atoms with E-state index in [0.717, 1.165) is 24.3 Å². The van der Waals surface area contributed by atoms with Crippen molar-refractivity contribution in [2.24, 2.45) is 7.05 Å². The summed E-state index contributed by atoms with van der Waals surface area (Å²) in [6, 6.07) is 19.1. The Balaban J connectivity index is 1.57. The Morgan fingerprint density at radius 2 is 1.66 bits per heavy atom. The van der Waals surface area contributed by atoms with Gasteiger partial charge in [-0.15, -0.1) is 0 Å². The minimum absolute atomic E-state index is 0.254. The van der Waals surface area contributed by atoms with Gasteiger partial charge in [-0.1, -0.05) is 36.4 Å². The van der Waals surface area contributed by atoms with E-state index in [-0.39, 0.29) is 17.3 Å². The molecule has 3 aromatic rings. The first kappa shape index (κ1) is 20.3. The SMILES string of the molecule is Cc1c(NC(=O)NCCCN(C)c2ccccc2)c(=O)n(-c2ccccc2)n1C. The zero-order valence-corrected chi connectivity index (χ0v) is 17.1. The molecule has 0 spiro atoms. The number of anilines is 2. The van der Waals surface area contributed by atoms with Gasteiger partial charge >= 0.3 is 6.03 Å². The number of rotatable bonds is 7. The Hall–Kier alpha value is -3.48. The van der Waals surface area contributed by atoms with Crippen LogP contribution in [0.4, 0.5) is 16.2 Å². The summed E-state index contributed by atoms with van der Waals surface area (Å²) < 4.78 is 3.28. The molecule has 0 fully saturated rings. The van der Waals surface area contributed by atoms with E-state index in [2.05, 4.69) is 27.7 Å². The van der Waals surface area contributed by atoms with Crippen LogP contribution in [0.15, 0.2) is 65.5 Å². The van der Waals surface area contributed by atoms with Crippen LogP contribution in [0.25, 0.3) is 5.69 Å². The van der Waals surface area contributed by atoms with Crippen molar-refractivity contribution in [3.05, 3.63) is 76.7 Å². The van der Waals surface area contributed by atoms with Crippen molar-refractivity contribution >= 4 is 17.4 Å². The molecule has 0 atom stereocenters. The van der Waals surface area contributed by atoms with Gasteiger partial charge in [-0.3, -0.25) is 9.48 Å². The maximum absolute atomic E-state index is 12.8. The second-order valence-electron chi connectivity index (χ2n) is 6.93. The van der Waals surface area contributed by atoms with Crippen LogP contribution in [0.1, 0.15) is 12.1 Å². The van der Waals surface area contributed by atoms with Gasteiger partial charge in [0.2, 0.25) is 0 Å². The standard InChI is InChI=1S/C22H27N5O2/c1-17-20(21(28)27(26(17)3)19-13-8-5-9-14-19)24-22(29)23-15-10-16-25(2)18-11-6-4-7-12-18/h4-9,11-14H,10,15-16H2,1-3H3,(H2,23,24,29). The molecule has 1 heterocycles. The molecule has 1 aromatic heterocycles. The molecule has 7 heteroatoms. The molecule has 2 amide bonds. The van der Waals surface area contributed by atoms with Gasteiger partial charge < -0.3 is 15.5 Å². The summed E-state index contributed by atoms with van der Waals surface area (Å²) in [7, 11) is 3.82. The normalized spacial score (nSPS) is 10.6. The van der Waals surface area contributed by atoms with E-state index >= 15 is 0 Å². The molecular weight excluding hydrogens is 366 g/mol. The van der Waals surface area contributed by atoms with Gasteiger partial charge in [0.1, 0.15) is 5.69 Å². The number of nitrogens with one attached hydrogen (secondary N) is 2. The third kappa shape index (κ3) is 4.68. The maximum atomic E-state index is 12.8. The molecule has 0 aliphatic heterocycles. The van der Waals surface area contributed by atoms with Crippen molar-refractivity contribution < 1.29 is 4.79 Å². The molecule has 29 heavy (non-hydrogen) atoms. The van der Waals surface area contributed by atoms with Crippen molar-refractivity contribution in [1.82, 2.24) is 14.7 Å². The van der Waals surface area contributed by atoms with Gasteiger partial charge in [0.25, 0.3) is 5.56 Å². The Labute approximate surface area is 170 Å². The quantitative estimate of drug-likeness (QED) is 0.606. The number of carbonyl (C=O) groups is 1. The average Bonchev–Trinajstić information content (AvgIpc) is 2.95. The molecule has 2 N–H and O–H groups in total. The highest BCUT2D eigenvalue weighted by atomic mass is 16.2. The zero-order chi connectivity index (χ0) is 20.8. The van der Waals surface area contributed by atoms with Crippen molar-refractivity contribution in [1.29, 1.82) is 0 Å². The molecule has 0 aliphatic carbocycles. The van der Waals surface area contributed by atoms with Crippen LogP contribution in [-0.4, -0.2) is 35.5 Å². The first-order valence-corrected chi connectivity index (χ1v) is 9.64. The summed E-state index contributed by atoms with van der Waals surface area (Å²) in [5.74, 6) is 0. The molecule has 0 saturated heterocycles. The Morgan fingerprint density at radius 1 is 1.03 bits per heavy atom. The van der Waals surface area contributed by atoms with Crippen LogP contribution in [0.2, 0.25) is 0 Å². The van der Waals surface area contributed by atoms with Crippen LogP contribution in [-0.2, 0) is 7.05 Å². The third-order valence-electron chi connectivity index (χ3n) is 4.95. The minimum Gasteiger partial charge on any atom is -0.375 e. The Morgan fingerprint density at radius 3 is 2.31 bits per heavy atom. The topological polar surface area (TPSA) is 71.3 Å². The first-order valence-electron chi connectivity index (χ1n) is 9.64. The monoisotopic (exact) mass is 393 g/mol. The largest absolute Gasteiger partial charge is 0.375 e. The van der Waals surface area contributed by atoms with Crippen LogP contribution >= 0.6 is 0 Å². The number of hydrogen-bond donors (Lipinski definition) is 2. The Bertz CT molecular complexity index is 1010. The van der Waals surface area contributed by atoms with Crippen LogP contribution in [0.3, 0.4) is 0 Å². The number of carbonyl (C=O) groups excluding carboxylic acids is 1. The van der Waals surface area contributed by atoms with Gasteiger partial charge in [0.05, 0.1) is 11.4 Å². The highest BCUT2D eigenvalue weighted by molar-refractivity contribution is 5.89. The third-order valence-corrected chi connectivity index (χ3v) is 4.95. The molecule has 0 aliphatic rings. The van der Waals surface area contributed by atoms with E-state index in [4.69, 9.17) is 0 Å². The van der Waals surface area contributed by atoms with E-state index in [1.54, 1.807) is 16.4 Å². The van der Waals surface area contributed by atoms with Crippen LogP contribution in [0, 0.1) is 6.92 Å². The predicted octanol–water partition coefficient (Wildman–Crippen LogP) is 3.13. The number of para-hydroxylation sites is 2. The predicted molar refractivity (Wildman–Crippen MR) is 117 cm³/mol.